The van der Waals surface area contributed by atoms with E-state index in [2.05, 4.69) is 48.4 Å². The van der Waals surface area contributed by atoms with E-state index in [0.29, 0.717) is 41.4 Å². The summed E-state index contributed by atoms with van der Waals surface area (Å²) in [6, 6.07) is 10.9. The average molecular weight is 790 g/mol. The Morgan fingerprint density at radius 3 is 2.61 bits per heavy atom. The summed E-state index contributed by atoms with van der Waals surface area (Å²) in [5.41, 5.74) is 6.28. The second-order valence-corrected chi connectivity index (χ2v) is 16.9. The Morgan fingerprint density at radius 1 is 1.00 bits per heavy atom. The van der Waals surface area contributed by atoms with Crippen molar-refractivity contribution in [3.63, 3.8) is 0 Å². The smallest absolute Gasteiger partial charge is 0.407 e. The second kappa shape index (κ2) is 14.1. The number of benzene rings is 2. The van der Waals surface area contributed by atoms with Gasteiger partial charge in [-0.05, 0) is 87.7 Å². The largest absolute Gasteiger partial charge is 0.462 e. The van der Waals surface area contributed by atoms with Gasteiger partial charge in [-0.3, -0.25) is 9.36 Å². The molecule has 1 unspecified atom stereocenters. The van der Waals surface area contributed by atoms with Gasteiger partial charge >= 0.3 is 6.09 Å². The lowest BCUT2D eigenvalue weighted by Crippen LogP contribution is -2.51. The summed E-state index contributed by atoms with van der Waals surface area (Å²) in [6.45, 7) is 5.30. The molecule has 2 fully saturated rings. The van der Waals surface area contributed by atoms with Gasteiger partial charge in [-0.25, -0.2) is 24.1 Å². The molecule has 13 nitrogen and oxygen atoms in total. The number of nitrogens with one attached hydrogen (secondary N) is 4. The number of thiazole rings is 1. The number of carbonyl (C=O) groups excluding carboxylic acids is 2. The molecule has 4 aliphatic rings. The Kier molecular flexibility index (Phi) is 8.89. The van der Waals surface area contributed by atoms with Crippen LogP contribution >= 0.6 is 11.3 Å². The van der Waals surface area contributed by atoms with Crippen molar-refractivity contribution in [1.29, 1.82) is 0 Å². The molecule has 294 valence electrons. The van der Waals surface area contributed by atoms with Gasteiger partial charge in [0.1, 0.15) is 29.3 Å². The van der Waals surface area contributed by atoms with Crippen LogP contribution in [0.2, 0.25) is 0 Å². The van der Waals surface area contributed by atoms with Gasteiger partial charge in [-0.2, -0.15) is 0 Å². The molecule has 0 bridgehead atoms. The van der Waals surface area contributed by atoms with Crippen LogP contribution in [0.25, 0.3) is 44.7 Å². The first kappa shape index (κ1) is 35.8. The van der Waals surface area contributed by atoms with Gasteiger partial charge in [0.2, 0.25) is 12.1 Å². The van der Waals surface area contributed by atoms with Gasteiger partial charge in [0.05, 0.1) is 65.4 Å². The Hall–Kier alpha value is -5.54. The Labute approximate surface area is 332 Å². The Morgan fingerprint density at radius 2 is 1.82 bits per heavy atom. The lowest BCUT2D eigenvalue weighted by atomic mass is 10.0. The number of imidazole rings is 2. The maximum absolute atomic E-state index is 16.7. The number of methoxy groups -OCH3 is 1. The van der Waals surface area contributed by atoms with Crippen molar-refractivity contribution in [2.45, 2.75) is 83.1 Å². The molecule has 2 amide bonds. The zero-order valence-corrected chi connectivity index (χ0v) is 32.8. The van der Waals surface area contributed by atoms with Crippen molar-refractivity contribution in [3.8, 4) is 39.5 Å². The molecule has 2 saturated heterocycles. The van der Waals surface area contributed by atoms with E-state index in [1.165, 1.54) is 18.1 Å². The third kappa shape index (κ3) is 6.18. The van der Waals surface area contributed by atoms with E-state index in [0.717, 1.165) is 89.4 Å². The van der Waals surface area contributed by atoms with Crippen LogP contribution in [-0.2, 0) is 22.4 Å². The van der Waals surface area contributed by atoms with E-state index < -0.39 is 24.2 Å². The zero-order valence-electron chi connectivity index (χ0n) is 32.0. The number of halogens is 1. The van der Waals surface area contributed by atoms with Crippen molar-refractivity contribution >= 4 is 34.2 Å². The lowest BCUT2D eigenvalue weighted by molar-refractivity contribution is -0.135. The summed E-state index contributed by atoms with van der Waals surface area (Å²) in [4.78, 5) is 50.2. The topological polar surface area (TPSA) is 155 Å². The number of rotatable bonds is 8. The summed E-state index contributed by atoms with van der Waals surface area (Å²) in [7, 11) is 1.28. The quantitative estimate of drug-likeness (QED) is 0.123. The minimum absolute atomic E-state index is 0.151. The van der Waals surface area contributed by atoms with Crippen LogP contribution in [0.5, 0.6) is 5.75 Å². The van der Waals surface area contributed by atoms with Crippen molar-refractivity contribution in [2.24, 2.45) is 5.92 Å². The molecule has 3 aliphatic heterocycles. The van der Waals surface area contributed by atoms with Crippen LogP contribution in [0, 0.1) is 11.7 Å². The molecule has 1 aliphatic carbocycles. The minimum atomic E-state index is -0.744. The number of aromatic nitrogens is 6. The van der Waals surface area contributed by atoms with Gasteiger partial charge in [-0.15, -0.1) is 11.3 Å². The predicted molar refractivity (Wildman–Crippen MR) is 213 cm³/mol. The molecule has 4 N–H and O–H groups in total. The van der Waals surface area contributed by atoms with Gasteiger partial charge in [0.15, 0.2) is 5.01 Å². The number of amides is 2. The first-order valence-electron chi connectivity index (χ1n) is 19.9. The molecule has 6 aromatic rings. The number of ether oxygens (including phenoxy) is 2. The minimum Gasteiger partial charge on any atom is -0.462 e. The SMILES string of the molecule is COC(=O)N[C@H](C(=O)N1CCC[C@H]1c1ncc(-c2cc(F)c3c(c2)OC(c2nc4c(s2)CCC4)n2c-3cc3cc(-c4cnc([C@@H]5CCCN5)[nH]4)ccc32)[nH]1)C(C)C. The maximum atomic E-state index is 16.7. The van der Waals surface area contributed by atoms with Crippen molar-refractivity contribution < 1.29 is 23.5 Å². The molecule has 0 spiro atoms. The number of likely N-dealkylation sites (tertiary alicyclic amines) is 1. The number of nitrogens with zero attached hydrogens (tertiary/aromatic N) is 5. The fourth-order valence-electron chi connectivity index (χ4n) is 9.00. The average Bonchev–Trinajstić information content (AvgIpc) is 4.06. The number of aromatic amines is 2. The third-order valence-electron chi connectivity index (χ3n) is 11.9. The van der Waals surface area contributed by atoms with Gasteiger partial charge < -0.3 is 35.0 Å². The summed E-state index contributed by atoms with van der Waals surface area (Å²) >= 11 is 1.68. The zero-order chi connectivity index (χ0) is 38.9. The van der Waals surface area contributed by atoms with Gasteiger partial charge in [0.25, 0.3) is 0 Å². The third-order valence-corrected chi connectivity index (χ3v) is 13.1. The number of H-pyrrole nitrogens is 2. The van der Waals surface area contributed by atoms with E-state index in [-0.39, 0.29) is 23.9 Å². The number of carbonyl (C=O) groups is 2. The number of fused-ring (bicyclic) bond motifs is 6. The molecular formula is C42H44FN9O4S. The van der Waals surface area contributed by atoms with E-state index >= 15 is 4.39 Å². The van der Waals surface area contributed by atoms with Crippen LogP contribution in [-0.4, -0.2) is 72.6 Å². The Bertz CT molecular complexity index is 2510. The van der Waals surface area contributed by atoms with Crippen molar-refractivity contribution in [1.82, 2.24) is 45.0 Å². The molecule has 4 aromatic heterocycles. The highest BCUT2D eigenvalue weighted by atomic mass is 32.1. The van der Waals surface area contributed by atoms with Crippen LogP contribution in [0.15, 0.2) is 48.8 Å². The molecule has 2 aromatic carbocycles. The molecule has 57 heavy (non-hydrogen) atoms. The Balaban J connectivity index is 1.00. The van der Waals surface area contributed by atoms with E-state index in [1.54, 1.807) is 22.4 Å². The highest BCUT2D eigenvalue weighted by molar-refractivity contribution is 7.11. The highest BCUT2D eigenvalue weighted by Crippen LogP contribution is 2.48. The molecule has 7 heterocycles. The number of hydrogen-bond donors (Lipinski definition) is 4. The van der Waals surface area contributed by atoms with E-state index in [4.69, 9.17) is 19.4 Å². The lowest BCUT2D eigenvalue weighted by Gasteiger charge is -2.30. The molecule has 15 heteroatoms. The summed E-state index contributed by atoms with van der Waals surface area (Å²) in [6.07, 6.45) is 9.07. The maximum Gasteiger partial charge on any atom is 0.407 e. The van der Waals surface area contributed by atoms with E-state index in [9.17, 15) is 9.59 Å². The van der Waals surface area contributed by atoms with Gasteiger partial charge in [-0.1, -0.05) is 19.9 Å². The fourth-order valence-corrected chi connectivity index (χ4v) is 10.2. The van der Waals surface area contributed by atoms with Crippen LogP contribution in [0.1, 0.15) is 91.5 Å². The van der Waals surface area contributed by atoms with Gasteiger partial charge in [0, 0.05) is 27.9 Å². The molecule has 4 atom stereocenters. The first-order valence-corrected chi connectivity index (χ1v) is 20.7. The van der Waals surface area contributed by atoms with Crippen molar-refractivity contribution in [3.05, 3.63) is 81.8 Å². The van der Waals surface area contributed by atoms with Crippen LogP contribution in [0.3, 0.4) is 0 Å². The molecule has 0 saturated carbocycles. The van der Waals surface area contributed by atoms with Crippen molar-refractivity contribution in [2.75, 3.05) is 20.2 Å². The summed E-state index contributed by atoms with van der Waals surface area (Å²) in [5.74, 6) is 1.21. The summed E-state index contributed by atoms with van der Waals surface area (Å²) < 4.78 is 30.4. The second-order valence-electron chi connectivity index (χ2n) is 15.8. The molecular weight excluding hydrogens is 746 g/mol. The fraction of sp³-hybridized carbons (Fsp3) is 0.405. The predicted octanol–water partition coefficient (Wildman–Crippen LogP) is 7.58. The molecule has 10 rings (SSSR count). The highest BCUT2D eigenvalue weighted by Gasteiger charge is 2.38. The number of aryl methyl sites for hydroxylation is 2. The normalized spacial score (nSPS) is 20.4. The first-order chi connectivity index (χ1) is 27.7. The van der Waals surface area contributed by atoms with Crippen LogP contribution in [0.4, 0.5) is 9.18 Å². The monoisotopic (exact) mass is 789 g/mol. The number of alkyl carbamates (subject to hydrolysis) is 1. The summed E-state index contributed by atoms with van der Waals surface area (Å²) in [5, 5.41) is 8.01. The standard InChI is InChI=1S/C42H44FN9O4S/c1-21(2)36(50-42(54)55-3)40(53)51-14-6-9-31(51)38-46-20-29(48-38)23-16-25(43)35-32-17-24-15-22(28-19-45-37(47-28)27-8-5-13-44-27)11-12-30(24)52(32)41(56-33(35)18-23)39-49-26-7-4-10-34(26)57-39/h11-12,15-21,27,31,36,41,44H,4-10,13-14H2,1-3H3,(H,45,47)(H,46,48)(H,50,54)/t27-,31-,36-,41?/m0/s1. The van der Waals surface area contributed by atoms with E-state index in [1.807, 2.05) is 32.2 Å². The van der Waals surface area contributed by atoms with Crippen LogP contribution < -0.4 is 15.4 Å². The number of hydrogen-bond acceptors (Lipinski definition) is 9. The molecule has 0 radical (unpaired) electrons.